The topological polar surface area (TPSA) is 66.4 Å². The molecule has 1 amide bonds. The number of aryl methyl sites for hydroxylation is 1. The van der Waals surface area contributed by atoms with Gasteiger partial charge in [0.15, 0.2) is 0 Å². The Balaban J connectivity index is 1.82. The Labute approximate surface area is 119 Å². The van der Waals surface area contributed by atoms with Crippen molar-refractivity contribution in [1.82, 2.24) is 5.32 Å². The lowest BCUT2D eigenvalue weighted by Crippen LogP contribution is -2.43. The van der Waals surface area contributed by atoms with Crippen molar-refractivity contribution < 1.29 is 14.7 Å². The van der Waals surface area contributed by atoms with Crippen LogP contribution in [0.25, 0.3) is 0 Å². The molecule has 0 atom stereocenters. The number of amides is 1. The first kappa shape index (κ1) is 14.6. The summed E-state index contributed by atoms with van der Waals surface area (Å²) in [6, 6.07) is 6.70. The number of carboxylic acid groups (broad SMARTS) is 1. The molecule has 0 aromatic heterocycles. The van der Waals surface area contributed by atoms with Crippen molar-refractivity contribution in [2.45, 2.75) is 51.0 Å². The van der Waals surface area contributed by atoms with Gasteiger partial charge in [-0.3, -0.25) is 4.79 Å². The number of carbonyl (C=O) groups is 2. The maximum atomic E-state index is 11.9. The number of rotatable bonds is 5. The molecule has 0 bridgehead atoms. The molecule has 0 radical (unpaired) electrons. The first-order valence-corrected chi connectivity index (χ1v) is 7.12. The fourth-order valence-corrected chi connectivity index (χ4v) is 2.75. The van der Waals surface area contributed by atoms with Crippen LogP contribution in [0.4, 0.5) is 0 Å². The molecule has 4 nitrogen and oxygen atoms in total. The molecule has 1 fully saturated rings. The average molecular weight is 275 g/mol. The van der Waals surface area contributed by atoms with E-state index in [1.54, 1.807) is 24.3 Å². The SMILES string of the molecule is CC1(NC(=O)CCc2ccc(C(=O)O)cc2)CCCC1. The summed E-state index contributed by atoms with van der Waals surface area (Å²) in [5.41, 5.74) is 1.24. The maximum absolute atomic E-state index is 11.9. The number of carbonyl (C=O) groups excluding carboxylic acids is 1. The van der Waals surface area contributed by atoms with E-state index in [0.717, 1.165) is 18.4 Å². The summed E-state index contributed by atoms with van der Waals surface area (Å²) in [4.78, 5) is 22.7. The van der Waals surface area contributed by atoms with Crippen molar-refractivity contribution in [3.05, 3.63) is 35.4 Å². The molecule has 1 aromatic carbocycles. The summed E-state index contributed by atoms with van der Waals surface area (Å²) in [5, 5.41) is 11.9. The van der Waals surface area contributed by atoms with E-state index < -0.39 is 5.97 Å². The Morgan fingerprint density at radius 3 is 2.35 bits per heavy atom. The Morgan fingerprint density at radius 2 is 1.80 bits per heavy atom. The summed E-state index contributed by atoms with van der Waals surface area (Å²) in [6.45, 7) is 2.11. The van der Waals surface area contributed by atoms with Crippen LogP contribution in [0.15, 0.2) is 24.3 Å². The molecule has 1 saturated carbocycles. The van der Waals surface area contributed by atoms with Gasteiger partial charge in [-0.05, 0) is 43.9 Å². The van der Waals surface area contributed by atoms with Gasteiger partial charge in [0, 0.05) is 12.0 Å². The van der Waals surface area contributed by atoms with E-state index in [4.69, 9.17) is 5.11 Å². The van der Waals surface area contributed by atoms with Crippen molar-refractivity contribution in [1.29, 1.82) is 0 Å². The molecule has 2 N–H and O–H groups in total. The third-order valence-electron chi connectivity index (χ3n) is 3.99. The van der Waals surface area contributed by atoms with Gasteiger partial charge in [-0.25, -0.2) is 4.79 Å². The van der Waals surface area contributed by atoms with Crippen molar-refractivity contribution in [3.63, 3.8) is 0 Å². The molecule has 0 saturated heterocycles. The van der Waals surface area contributed by atoms with Crippen LogP contribution >= 0.6 is 0 Å². The summed E-state index contributed by atoms with van der Waals surface area (Å²) in [7, 11) is 0. The number of carboxylic acids is 1. The molecular weight excluding hydrogens is 254 g/mol. The molecule has 108 valence electrons. The average Bonchev–Trinajstić information content (AvgIpc) is 2.83. The van der Waals surface area contributed by atoms with Gasteiger partial charge in [-0.15, -0.1) is 0 Å². The molecule has 4 heteroatoms. The van der Waals surface area contributed by atoms with Crippen LogP contribution in [0, 0.1) is 0 Å². The van der Waals surface area contributed by atoms with Crippen LogP contribution in [0.3, 0.4) is 0 Å². The van der Waals surface area contributed by atoms with Gasteiger partial charge < -0.3 is 10.4 Å². The highest BCUT2D eigenvalue weighted by atomic mass is 16.4. The van der Waals surface area contributed by atoms with E-state index in [-0.39, 0.29) is 17.0 Å². The summed E-state index contributed by atoms with van der Waals surface area (Å²) in [6.07, 6.45) is 5.59. The normalized spacial score (nSPS) is 16.9. The standard InChI is InChI=1S/C16H21NO3/c1-16(10-2-3-11-16)17-14(18)9-6-12-4-7-13(8-5-12)15(19)20/h4-5,7-8H,2-3,6,9-11H2,1H3,(H,17,18)(H,19,20). The maximum Gasteiger partial charge on any atom is 0.335 e. The van der Waals surface area contributed by atoms with Crippen molar-refractivity contribution in [2.75, 3.05) is 0 Å². The van der Waals surface area contributed by atoms with Gasteiger partial charge in [0.25, 0.3) is 0 Å². The zero-order valence-corrected chi connectivity index (χ0v) is 11.8. The molecule has 1 aromatic rings. The van der Waals surface area contributed by atoms with Crippen LogP contribution in [0.1, 0.15) is 54.9 Å². The highest BCUT2D eigenvalue weighted by Gasteiger charge is 2.29. The van der Waals surface area contributed by atoms with Gasteiger partial charge in [-0.1, -0.05) is 25.0 Å². The Hall–Kier alpha value is -1.84. The quantitative estimate of drug-likeness (QED) is 0.868. The molecule has 0 heterocycles. The number of aromatic carboxylic acids is 1. The minimum absolute atomic E-state index is 0.0236. The summed E-state index contributed by atoms with van der Waals surface area (Å²) in [5.74, 6) is -0.847. The highest BCUT2D eigenvalue weighted by Crippen LogP contribution is 2.28. The molecule has 0 aliphatic heterocycles. The van der Waals surface area contributed by atoms with E-state index in [0.29, 0.717) is 12.8 Å². The third-order valence-corrected chi connectivity index (χ3v) is 3.99. The number of nitrogens with one attached hydrogen (secondary N) is 1. The smallest absolute Gasteiger partial charge is 0.335 e. The van der Waals surface area contributed by atoms with Gasteiger partial charge in [0.1, 0.15) is 0 Å². The number of hydrogen-bond acceptors (Lipinski definition) is 2. The van der Waals surface area contributed by atoms with Crippen LogP contribution < -0.4 is 5.32 Å². The van der Waals surface area contributed by atoms with Gasteiger partial charge in [0.2, 0.25) is 5.91 Å². The van der Waals surface area contributed by atoms with E-state index >= 15 is 0 Å². The minimum Gasteiger partial charge on any atom is -0.478 e. The fourth-order valence-electron chi connectivity index (χ4n) is 2.75. The molecule has 0 unspecified atom stereocenters. The van der Waals surface area contributed by atoms with Crippen molar-refractivity contribution in [3.8, 4) is 0 Å². The predicted molar refractivity (Wildman–Crippen MR) is 76.7 cm³/mol. The summed E-state index contributed by atoms with van der Waals surface area (Å²) < 4.78 is 0. The number of hydrogen-bond donors (Lipinski definition) is 2. The summed E-state index contributed by atoms with van der Waals surface area (Å²) >= 11 is 0. The second kappa shape index (κ2) is 6.07. The molecule has 2 rings (SSSR count). The largest absolute Gasteiger partial charge is 0.478 e. The van der Waals surface area contributed by atoms with Gasteiger partial charge in [0.05, 0.1) is 5.56 Å². The first-order valence-electron chi connectivity index (χ1n) is 7.12. The highest BCUT2D eigenvalue weighted by molar-refractivity contribution is 5.87. The molecular formula is C16H21NO3. The molecule has 1 aliphatic rings. The predicted octanol–water partition coefficient (Wildman–Crippen LogP) is 2.77. The minimum atomic E-state index is -0.927. The van der Waals surface area contributed by atoms with Gasteiger partial charge in [-0.2, -0.15) is 0 Å². The van der Waals surface area contributed by atoms with Gasteiger partial charge >= 0.3 is 5.97 Å². The first-order chi connectivity index (χ1) is 9.48. The van der Waals surface area contributed by atoms with Crippen LogP contribution in [0.5, 0.6) is 0 Å². The van der Waals surface area contributed by atoms with E-state index in [2.05, 4.69) is 12.2 Å². The second-order valence-corrected chi connectivity index (χ2v) is 5.82. The van der Waals surface area contributed by atoms with Crippen LogP contribution in [0.2, 0.25) is 0 Å². The van der Waals surface area contributed by atoms with E-state index in [1.807, 2.05) is 0 Å². The van der Waals surface area contributed by atoms with Crippen LogP contribution in [-0.4, -0.2) is 22.5 Å². The lowest BCUT2D eigenvalue weighted by molar-refractivity contribution is -0.122. The third kappa shape index (κ3) is 3.83. The van der Waals surface area contributed by atoms with Crippen molar-refractivity contribution in [2.24, 2.45) is 0 Å². The molecule has 0 spiro atoms. The fraction of sp³-hybridized carbons (Fsp3) is 0.500. The van der Waals surface area contributed by atoms with Crippen molar-refractivity contribution >= 4 is 11.9 Å². The Morgan fingerprint density at radius 1 is 1.20 bits per heavy atom. The zero-order chi connectivity index (χ0) is 14.6. The Bertz CT molecular complexity index is 487. The molecule has 20 heavy (non-hydrogen) atoms. The van der Waals surface area contributed by atoms with E-state index in [9.17, 15) is 9.59 Å². The van der Waals surface area contributed by atoms with Crippen LogP contribution in [-0.2, 0) is 11.2 Å². The monoisotopic (exact) mass is 275 g/mol. The van der Waals surface area contributed by atoms with E-state index in [1.165, 1.54) is 12.8 Å². The second-order valence-electron chi connectivity index (χ2n) is 5.82. The number of benzene rings is 1. The lowest BCUT2D eigenvalue weighted by Gasteiger charge is -2.25. The zero-order valence-electron chi connectivity index (χ0n) is 11.8. The Kier molecular flexibility index (Phi) is 4.42. The lowest BCUT2D eigenvalue weighted by atomic mass is 10.00. The molecule has 1 aliphatic carbocycles.